The van der Waals surface area contributed by atoms with Gasteiger partial charge in [-0.1, -0.05) is 25.1 Å². The molecule has 4 nitrogen and oxygen atoms in total. The van der Waals surface area contributed by atoms with Crippen molar-refractivity contribution in [1.29, 1.82) is 0 Å². The SMILES string of the molecule is CC[C@@H](NC(=O)c1cccc(OC)c1)c1ccc(OC)c(C)c1. The molecule has 1 amide bonds. The van der Waals surface area contributed by atoms with Gasteiger partial charge >= 0.3 is 0 Å². The molecule has 2 aromatic rings. The molecule has 0 saturated carbocycles. The minimum absolute atomic E-state index is 0.0432. The maximum atomic E-state index is 12.5. The molecule has 1 atom stereocenters. The number of benzene rings is 2. The Hall–Kier alpha value is -2.49. The number of ether oxygens (including phenoxy) is 2. The van der Waals surface area contributed by atoms with Gasteiger partial charge < -0.3 is 14.8 Å². The van der Waals surface area contributed by atoms with Crippen molar-refractivity contribution < 1.29 is 14.3 Å². The van der Waals surface area contributed by atoms with Gasteiger partial charge in [0, 0.05) is 5.56 Å². The average Bonchev–Trinajstić information content (AvgIpc) is 2.59. The van der Waals surface area contributed by atoms with Crippen LogP contribution in [0, 0.1) is 6.92 Å². The lowest BCUT2D eigenvalue weighted by molar-refractivity contribution is 0.0935. The van der Waals surface area contributed by atoms with Crippen LogP contribution in [0.1, 0.15) is 40.9 Å². The largest absolute Gasteiger partial charge is 0.497 e. The van der Waals surface area contributed by atoms with Crippen molar-refractivity contribution in [3.05, 3.63) is 59.2 Å². The van der Waals surface area contributed by atoms with Crippen LogP contribution in [0.15, 0.2) is 42.5 Å². The van der Waals surface area contributed by atoms with Crippen LogP contribution in [-0.4, -0.2) is 20.1 Å². The Labute approximate surface area is 137 Å². The van der Waals surface area contributed by atoms with Gasteiger partial charge in [-0.05, 0) is 48.7 Å². The molecule has 0 unspecified atom stereocenters. The van der Waals surface area contributed by atoms with Crippen molar-refractivity contribution in [2.24, 2.45) is 0 Å². The van der Waals surface area contributed by atoms with Crippen LogP contribution in [0.2, 0.25) is 0 Å². The van der Waals surface area contributed by atoms with E-state index in [1.807, 2.05) is 31.2 Å². The van der Waals surface area contributed by atoms with Gasteiger partial charge in [-0.25, -0.2) is 0 Å². The molecular weight excluding hydrogens is 290 g/mol. The molecule has 23 heavy (non-hydrogen) atoms. The quantitative estimate of drug-likeness (QED) is 0.880. The van der Waals surface area contributed by atoms with Gasteiger partial charge in [0.1, 0.15) is 11.5 Å². The van der Waals surface area contributed by atoms with Gasteiger partial charge in [-0.15, -0.1) is 0 Å². The van der Waals surface area contributed by atoms with E-state index in [0.717, 1.165) is 23.3 Å². The number of nitrogens with one attached hydrogen (secondary N) is 1. The number of rotatable bonds is 6. The third-order valence-corrected chi connectivity index (χ3v) is 3.87. The molecule has 0 heterocycles. The van der Waals surface area contributed by atoms with Crippen LogP contribution < -0.4 is 14.8 Å². The van der Waals surface area contributed by atoms with Gasteiger partial charge in [0.25, 0.3) is 5.91 Å². The fourth-order valence-corrected chi connectivity index (χ4v) is 2.55. The number of hydrogen-bond acceptors (Lipinski definition) is 3. The van der Waals surface area contributed by atoms with Crippen LogP contribution in [0.4, 0.5) is 0 Å². The molecule has 1 N–H and O–H groups in total. The van der Waals surface area contributed by atoms with Gasteiger partial charge in [0.2, 0.25) is 0 Å². The van der Waals surface area contributed by atoms with E-state index < -0.39 is 0 Å². The van der Waals surface area contributed by atoms with Crippen LogP contribution >= 0.6 is 0 Å². The Balaban J connectivity index is 2.18. The summed E-state index contributed by atoms with van der Waals surface area (Å²) in [5, 5.41) is 3.08. The van der Waals surface area contributed by atoms with Crippen molar-refractivity contribution in [2.75, 3.05) is 14.2 Å². The lowest BCUT2D eigenvalue weighted by atomic mass is 10.0. The summed E-state index contributed by atoms with van der Waals surface area (Å²) in [6.45, 7) is 4.05. The summed E-state index contributed by atoms with van der Waals surface area (Å²) in [4.78, 5) is 12.5. The van der Waals surface area contributed by atoms with Crippen molar-refractivity contribution >= 4 is 5.91 Å². The molecule has 2 aromatic carbocycles. The fourth-order valence-electron chi connectivity index (χ4n) is 2.55. The van der Waals surface area contributed by atoms with E-state index in [0.29, 0.717) is 11.3 Å². The van der Waals surface area contributed by atoms with Crippen molar-refractivity contribution in [3.8, 4) is 11.5 Å². The molecule has 0 bridgehead atoms. The van der Waals surface area contributed by atoms with Crippen molar-refractivity contribution in [2.45, 2.75) is 26.3 Å². The summed E-state index contributed by atoms with van der Waals surface area (Å²) in [6, 6.07) is 13.1. The zero-order valence-corrected chi connectivity index (χ0v) is 14.1. The number of aryl methyl sites for hydroxylation is 1. The minimum atomic E-state index is -0.107. The van der Waals surface area contributed by atoms with Gasteiger partial charge in [0.15, 0.2) is 0 Å². The highest BCUT2D eigenvalue weighted by Gasteiger charge is 2.15. The molecule has 0 radical (unpaired) electrons. The van der Waals surface area contributed by atoms with Crippen LogP contribution in [-0.2, 0) is 0 Å². The maximum absolute atomic E-state index is 12.5. The lowest BCUT2D eigenvalue weighted by Gasteiger charge is -2.19. The van der Waals surface area contributed by atoms with Gasteiger partial charge in [-0.2, -0.15) is 0 Å². The smallest absolute Gasteiger partial charge is 0.251 e. The monoisotopic (exact) mass is 313 g/mol. The van der Waals surface area contributed by atoms with Crippen LogP contribution in [0.5, 0.6) is 11.5 Å². The van der Waals surface area contributed by atoms with E-state index in [-0.39, 0.29) is 11.9 Å². The van der Waals surface area contributed by atoms with E-state index in [1.165, 1.54) is 0 Å². The highest BCUT2D eigenvalue weighted by molar-refractivity contribution is 5.94. The summed E-state index contributed by atoms with van der Waals surface area (Å²) in [7, 11) is 3.25. The summed E-state index contributed by atoms with van der Waals surface area (Å²) in [6.07, 6.45) is 0.807. The number of carbonyl (C=O) groups excluding carboxylic acids is 1. The summed E-state index contributed by atoms with van der Waals surface area (Å²) in [5.74, 6) is 1.41. The molecule has 0 aliphatic rings. The molecule has 4 heteroatoms. The highest BCUT2D eigenvalue weighted by Crippen LogP contribution is 2.24. The zero-order chi connectivity index (χ0) is 16.8. The average molecular weight is 313 g/mol. The Morgan fingerprint density at radius 2 is 1.91 bits per heavy atom. The Bertz CT molecular complexity index is 682. The molecule has 0 aliphatic heterocycles. The van der Waals surface area contributed by atoms with Crippen molar-refractivity contribution in [1.82, 2.24) is 5.32 Å². The first-order chi connectivity index (χ1) is 11.1. The molecule has 0 spiro atoms. The minimum Gasteiger partial charge on any atom is -0.497 e. The second-order valence-electron chi connectivity index (χ2n) is 5.40. The third kappa shape index (κ3) is 4.03. The maximum Gasteiger partial charge on any atom is 0.251 e. The second-order valence-corrected chi connectivity index (χ2v) is 5.40. The van der Waals surface area contributed by atoms with Crippen LogP contribution in [0.25, 0.3) is 0 Å². The zero-order valence-electron chi connectivity index (χ0n) is 14.1. The molecule has 122 valence electrons. The number of carbonyl (C=O) groups is 1. The van der Waals surface area contributed by atoms with E-state index in [1.54, 1.807) is 26.4 Å². The summed E-state index contributed by atoms with van der Waals surface area (Å²) < 4.78 is 10.5. The lowest BCUT2D eigenvalue weighted by Crippen LogP contribution is -2.28. The summed E-state index contributed by atoms with van der Waals surface area (Å²) >= 11 is 0. The molecular formula is C19H23NO3. The topological polar surface area (TPSA) is 47.6 Å². The van der Waals surface area contributed by atoms with Crippen LogP contribution in [0.3, 0.4) is 0 Å². The number of amides is 1. The third-order valence-electron chi connectivity index (χ3n) is 3.87. The molecule has 0 aromatic heterocycles. The Morgan fingerprint density at radius 3 is 2.52 bits per heavy atom. The Kier molecular flexibility index (Phi) is 5.63. The predicted octanol–water partition coefficient (Wildman–Crippen LogP) is 3.89. The first kappa shape index (κ1) is 16.9. The summed E-state index contributed by atoms with van der Waals surface area (Å²) in [5.41, 5.74) is 2.72. The fraction of sp³-hybridized carbons (Fsp3) is 0.316. The van der Waals surface area contributed by atoms with E-state index >= 15 is 0 Å². The highest BCUT2D eigenvalue weighted by atomic mass is 16.5. The van der Waals surface area contributed by atoms with Gasteiger partial charge in [-0.3, -0.25) is 4.79 Å². The van der Waals surface area contributed by atoms with E-state index in [2.05, 4.69) is 18.3 Å². The molecule has 0 aliphatic carbocycles. The first-order valence-corrected chi connectivity index (χ1v) is 7.68. The predicted molar refractivity (Wildman–Crippen MR) is 91.2 cm³/mol. The Morgan fingerprint density at radius 1 is 1.13 bits per heavy atom. The normalized spacial score (nSPS) is 11.7. The molecule has 0 saturated heterocycles. The first-order valence-electron chi connectivity index (χ1n) is 7.68. The number of methoxy groups -OCH3 is 2. The number of hydrogen-bond donors (Lipinski definition) is 1. The standard InChI is InChI=1S/C19H23NO3/c1-5-17(14-9-10-18(23-4)13(2)11-14)20-19(21)15-7-6-8-16(12-15)22-3/h6-12,17H,5H2,1-4H3,(H,20,21)/t17-/m1/s1. The second kappa shape index (κ2) is 7.68. The van der Waals surface area contributed by atoms with E-state index in [9.17, 15) is 4.79 Å². The van der Waals surface area contributed by atoms with Gasteiger partial charge in [0.05, 0.1) is 20.3 Å². The molecule has 0 fully saturated rings. The van der Waals surface area contributed by atoms with E-state index in [4.69, 9.17) is 9.47 Å². The van der Waals surface area contributed by atoms with Crippen molar-refractivity contribution in [3.63, 3.8) is 0 Å². The molecule has 2 rings (SSSR count).